The van der Waals surface area contributed by atoms with Gasteiger partial charge in [-0.15, -0.1) is 5.10 Å². The molecular formula is C17H18ClN5OS. The number of thioether (sulfide) groups is 1. The number of nitrogens with zero attached hydrogens (tertiary/aromatic N) is 5. The molecule has 1 saturated heterocycles. The number of hydrogen-bond donors (Lipinski definition) is 0. The summed E-state index contributed by atoms with van der Waals surface area (Å²) in [6, 6.07) is 8.04. The van der Waals surface area contributed by atoms with Gasteiger partial charge in [0.15, 0.2) is 0 Å². The molecule has 6 nitrogen and oxygen atoms in total. The zero-order chi connectivity index (χ0) is 17.2. The molecule has 3 heterocycles. The highest BCUT2D eigenvalue weighted by Gasteiger charge is 2.19. The van der Waals surface area contributed by atoms with Crippen LogP contribution in [0.3, 0.4) is 0 Å². The van der Waals surface area contributed by atoms with Crippen LogP contribution in [0.1, 0.15) is 24.1 Å². The molecule has 1 atom stereocenters. The van der Waals surface area contributed by atoms with Gasteiger partial charge in [-0.1, -0.05) is 41.6 Å². The SMILES string of the molecule is Cc1c(Cl)c(CSc2nnnn2C[C@@H]2CCCO2)nc2ccccc12. The fourth-order valence-corrected chi connectivity index (χ4v) is 4.16. The first-order chi connectivity index (χ1) is 12.2. The zero-order valence-corrected chi connectivity index (χ0v) is 15.4. The predicted octanol–water partition coefficient (Wildman–Crippen LogP) is 3.65. The predicted molar refractivity (Wildman–Crippen MR) is 97.8 cm³/mol. The quantitative estimate of drug-likeness (QED) is 0.634. The van der Waals surface area contributed by atoms with Crippen LogP contribution in [0, 0.1) is 6.92 Å². The lowest BCUT2D eigenvalue weighted by atomic mass is 10.1. The minimum absolute atomic E-state index is 0.201. The smallest absolute Gasteiger partial charge is 0.209 e. The summed E-state index contributed by atoms with van der Waals surface area (Å²) >= 11 is 8.08. The second-order valence-corrected chi connectivity index (χ2v) is 7.40. The Morgan fingerprint density at radius 2 is 2.24 bits per heavy atom. The van der Waals surface area contributed by atoms with Gasteiger partial charge in [-0.3, -0.25) is 4.98 Å². The molecule has 0 spiro atoms. The Balaban J connectivity index is 1.53. The van der Waals surface area contributed by atoms with Gasteiger partial charge in [0.25, 0.3) is 0 Å². The average Bonchev–Trinajstić information content (AvgIpc) is 3.29. The van der Waals surface area contributed by atoms with Crippen LogP contribution in [0.2, 0.25) is 5.02 Å². The molecule has 8 heteroatoms. The molecule has 130 valence electrons. The number of para-hydroxylation sites is 1. The molecule has 0 amide bonds. The highest BCUT2D eigenvalue weighted by atomic mass is 35.5. The van der Waals surface area contributed by atoms with Gasteiger partial charge in [-0.2, -0.15) is 0 Å². The molecule has 2 aromatic heterocycles. The Morgan fingerprint density at radius 3 is 3.08 bits per heavy atom. The second-order valence-electron chi connectivity index (χ2n) is 6.08. The molecular weight excluding hydrogens is 358 g/mol. The van der Waals surface area contributed by atoms with E-state index in [0.717, 1.165) is 46.8 Å². The van der Waals surface area contributed by atoms with Crippen molar-refractivity contribution in [2.45, 2.75) is 43.3 Å². The van der Waals surface area contributed by atoms with Crippen molar-refractivity contribution in [1.29, 1.82) is 0 Å². The van der Waals surface area contributed by atoms with Gasteiger partial charge < -0.3 is 4.74 Å². The Labute approximate surface area is 154 Å². The molecule has 0 radical (unpaired) electrons. The first-order valence-corrected chi connectivity index (χ1v) is 9.63. The molecule has 4 rings (SSSR count). The van der Waals surface area contributed by atoms with Crippen molar-refractivity contribution in [3.05, 3.63) is 40.5 Å². The van der Waals surface area contributed by atoms with Crippen molar-refractivity contribution in [3.8, 4) is 0 Å². The summed E-state index contributed by atoms with van der Waals surface area (Å²) in [5, 5.41) is 14.6. The van der Waals surface area contributed by atoms with E-state index in [2.05, 4.69) is 15.5 Å². The van der Waals surface area contributed by atoms with Crippen molar-refractivity contribution in [1.82, 2.24) is 25.2 Å². The minimum Gasteiger partial charge on any atom is -0.376 e. The van der Waals surface area contributed by atoms with Crippen molar-refractivity contribution >= 4 is 34.3 Å². The van der Waals surface area contributed by atoms with E-state index in [4.69, 9.17) is 21.3 Å². The van der Waals surface area contributed by atoms with Crippen LogP contribution in [0.15, 0.2) is 29.4 Å². The summed E-state index contributed by atoms with van der Waals surface area (Å²) in [7, 11) is 0. The van der Waals surface area contributed by atoms with E-state index in [-0.39, 0.29) is 6.10 Å². The molecule has 0 aliphatic carbocycles. The Bertz CT molecular complexity index is 894. The first-order valence-electron chi connectivity index (χ1n) is 8.26. The third-order valence-electron chi connectivity index (χ3n) is 4.38. The van der Waals surface area contributed by atoms with Crippen molar-refractivity contribution in [2.75, 3.05) is 6.61 Å². The standard InChI is InChI=1S/C17H18ClN5OS/c1-11-13-6-2-3-7-14(13)19-15(16(11)18)10-25-17-20-21-22-23(17)9-12-5-4-8-24-12/h2-3,6-7,12H,4-5,8-10H2,1H3/t12-/m0/s1. The molecule has 0 unspecified atom stereocenters. The maximum Gasteiger partial charge on any atom is 0.209 e. The minimum atomic E-state index is 0.201. The topological polar surface area (TPSA) is 65.7 Å². The normalized spacial score (nSPS) is 17.4. The molecule has 1 fully saturated rings. The number of rotatable bonds is 5. The largest absolute Gasteiger partial charge is 0.376 e. The van der Waals surface area contributed by atoms with Gasteiger partial charge >= 0.3 is 0 Å². The van der Waals surface area contributed by atoms with E-state index < -0.39 is 0 Å². The van der Waals surface area contributed by atoms with E-state index >= 15 is 0 Å². The zero-order valence-electron chi connectivity index (χ0n) is 13.9. The molecule has 1 aliphatic heterocycles. The second kappa shape index (κ2) is 7.27. The van der Waals surface area contributed by atoms with Crippen molar-refractivity contribution in [3.63, 3.8) is 0 Å². The molecule has 1 aromatic carbocycles. The Morgan fingerprint density at radius 1 is 1.36 bits per heavy atom. The number of benzene rings is 1. The van der Waals surface area contributed by atoms with Gasteiger partial charge in [-0.25, -0.2) is 4.68 Å². The summed E-state index contributed by atoms with van der Waals surface area (Å²) in [4.78, 5) is 4.71. The summed E-state index contributed by atoms with van der Waals surface area (Å²) in [6.07, 6.45) is 2.36. The van der Waals surface area contributed by atoms with Crippen LogP contribution >= 0.6 is 23.4 Å². The maximum atomic E-state index is 6.54. The third kappa shape index (κ3) is 3.49. The summed E-state index contributed by atoms with van der Waals surface area (Å²) < 4.78 is 7.48. The van der Waals surface area contributed by atoms with Gasteiger partial charge in [0.2, 0.25) is 5.16 Å². The molecule has 0 N–H and O–H groups in total. The van der Waals surface area contributed by atoms with Gasteiger partial charge in [0, 0.05) is 17.7 Å². The fourth-order valence-electron chi connectivity index (χ4n) is 3.04. The monoisotopic (exact) mass is 375 g/mol. The molecule has 1 aliphatic rings. The number of aryl methyl sites for hydroxylation is 1. The van der Waals surface area contributed by atoms with Gasteiger partial charge in [-0.05, 0) is 41.8 Å². The van der Waals surface area contributed by atoms with Crippen LogP contribution in [0.5, 0.6) is 0 Å². The number of pyridine rings is 1. The maximum absolute atomic E-state index is 6.54. The number of hydrogen-bond acceptors (Lipinski definition) is 6. The summed E-state index contributed by atoms with van der Waals surface area (Å²) in [6.45, 7) is 3.54. The van der Waals surface area contributed by atoms with Crippen LogP contribution in [-0.2, 0) is 17.0 Å². The number of aromatic nitrogens is 5. The fraction of sp³-hybridized carbons (Fsp3) is 0.412. The lowest BCUT2D eigenvalue weighted by Gasteiger charge is -2.11. The molecule has 0 bridgehead atoms. The average molecular weight is 376 g/mol. The van der Waals surface area contributed by atoms with Crippen molar-refractivity contribution < 1.29 is 4.74 Å². The van der Waals surface area contributed by atoms with Crippen LogP contribution in [0.25, 0.3) is 10.9 Å². The lowest BCUT2D eigenvalue weighted by molar-refractivity contribution is 0.0912. The summed E-state index contributed by atoms with van der Waals surface area (Å²) in [5.41, 5.74) is 2.87. The van der Waals surface area contributed by atoms with E-state index in [1.165, 1.54) is 0 Å². The van der Waals surface area contributed by atoms with E-state index in [0.29, 0.717) is 17.3 Å². The summed E-state index contributed by atoms with van der Waals surface area (Å²) in [5.74, 6) is 0.621. The van der Waals surface area contributed by atoms with E-state index in [9.17, 15) is 0 Å². The van der Waals surface area contributed by atoms with Crippen LogP contribution < -0.4 is 0 Å². The Hall–Kier alpha value is -1.70. The lowest BCUT2D eigenvalue weighted by Crippen LogP contribution is -2.16. The van der Waals surface area contributed by atoms with E-state index in [1.807, 2.05) is 35.9 Å². The Kier molecular flexibility index (Phi) is 4.87. The van der Waals surface area contributed by atoms with Gasteiger partial charge in [0.05, 0.1) is 28.9 Å². The third-order valence-corrected chi connectivity index (χ3v) is 5.85. The molecule has 0 saturated carbocycles. The highest BCUT2D eigenvalue weighted by molar-refractivity contribution is 7.98. The van der Waals surface area contributed by atoms with Crippen LogP contribution in [0.4, 0.5) is 0 Å². The molecule has 3 aromatic rings. The number of ether oxygens (including phenoxy) is 1. The highest BCUT2D eigenvalue weighted by Crippen LogP contribution is 2.30. The molecule has 25 heavy (non-hydrogen) atoms. The number of halogens is 1. The number of tetrazole rings is 1. The van der Waals surface area contributed by atoms with Crippen molar-refractivity contribution in [2.24, 2.45) is 0 Å². The van der Waals surface area contributed by atoms with Gasteiger partial charge in [0.1, 0.15) is 0 Å². The van der Waals surface area contributed by atoms with E-state index in [1.54, 1.807) is 11.8 Å². The first kappa shape index (κ1) is 16.8. The number of fused-ring (bicyclic) bond motifs is 1. The van der Waals surface area contributed by atoms with Crippen LogP contribution in [-0.4, -0.2) is 37.9 Å².